The monoisotopic (exact) mass is 305 g/mol. The van der Waals surface area contributed by atoms with Crippen LogP contribution in [0.25, 0.3) is 0 Å². The van der Waals surface area contributed by atoms with Crippen LogP contribution < -0.4 is 9.64 Å². The SMILES string of the molecule is CCC[C@H](C(=O)O)N1c2c(OC)cccc2[C@@H](C)CC1(C)C. The molecule has 0 spiro atoms. The van der Waals surface area contributed by atoms with Crippen LogP contribution in [-0.2, 0) is 4.79 Å². The quantitative estimate of drug-likeness (QED) is 0.892. The molecule has 22 heavy (non-hydrogen) atoms. The third-order valence-corrected chi connectivity index (χ3v) is 4.64. The highest BCUT2D eigenvalue weighted by Gasteiger charge is 2.43. The van der Waals surface area contributed by atoms with Gasteiger partial charge < -0.3 is 14.7 Å². The number of carboxylic acid groups (broad SMARTS) is 1. The maximum absolute atomic E-state index is 11.9. The van der Waals surface area contributed by atoms with E-state index in [0.717, 1.165) is 24.3 Å². The van der Waals surface area contributed by atoms with E-state index >= 15 is 0 Å². The molecule has 4 nitrogen and oxygen atoms in total. The Kier molecular flexibility index (Phi) is 4.69. The number of benzene rings is 1. The first kappa shape index (κ1) is 16.7. The minimum Gasteiger partial charge on any atom is -0.495 e. The van der Waals surface area contributed by atoms with Crippen molar-refractivity contribution in [2.24, 2.45) is 0 Å². The molecule has 0 amide bonds. The number of para-hydroxylation sites is 1. The van der Waals surface area contributed by atoms with Gasteiger partial charge >= 0.3 is 5.97 Å². The van der Waals surface area contributed by atoms with E-state index in [1.807, 2.05) is 19.1 Å². The average Bonchev–Trinajstić information content (AvgIpc) is 2.44. The van der Waals surface area contributed by atoms with E-state index < -0.39 is 12.0 Å². The summed E-state index contributed by atoms with van der Waals surface area (Å²) in [5.41, 5.74) is 1.91. The van der Waals surface area contributed by atoms with E-state index in [2.05, 4.69) is 31.7 Å². The molecule has 0 aromatic heterocycles. The van der Waals surface area contributed by atoms with Gasteiger partial charge in [-0.3, -0.25) is 0 Å². The molecule has 122 valence electrons. The van der Waals surface area contributed by atoms with E-state index in [1.54, 1.807) is 7.11 Å². The van der Waals surface area contributed by atoms with Crippen LogP contribution in [0.1, 0.15) is 58.4 Å². The molecule has 1 aromatic rings. The van der Waals surface area contributed by atoms with Gasteiger partial charge in [0, 0.05) is 5.54 Å². The van der Waals surface area contributed by atoms with Crippen LogP contribution in [0.2, 0.25) is 0 Å². The van der Waals surface area contributed by atoms with Gasteiger partial charge in [-0.15, -0.1) is 0 Å². The van der Waals surface area contributed by atoms with Crippen molar-refractivity contribution in [2.75, 3.05) is 12.0 Å². The molecule has 0 bridgehead atoms. The fourth-order valence-electron chi connectivity index (χ4n) is 3.83. The zero-order chi connectivity index (χ0) is 16.5. The highest BCUT2D eigenvalue weighted by Crippen LogP contribution is 2.49. The fraction of sp³-hybridized carbons (Fsp3) is 0.611. The lowest BCUT2D eigenvalue weighted by atomic mass is 9.78. The second-order valence-corrected chi connectivity index (χ2v) is 6.83. The van der Waals surface area contributed by atoms with Gasteiger partial charge in [0.25, 0.3) is 0 Å². The van der Waals surface area contributed by atoms with E-state index in [9.17, 15) is 9.90 Å². The molecule has 2 atom stereocenters. The van der Waals surface area contributed by atoms with Crippen molar-refractivity contribution in [3.63, 3.8) is 0 Å². The summed E-state index contributed by atoms with van der Waals surface area (Å²) in [5.74, 6) is 0.383. The third-order valence-electron chi connectivity index (χ3n) is 4.64. The Labute approximate surface area is 133 Å². The first-order valence-electron chi connectivity index (χ1n) is 8.02. The van der Waals surface area contributed by atoms with Crippen molar-refractivity contribution in [1.82, 2.24) is 0 Å². The van der Waals surface area contributed by atoms with E-state index in [-0.39, 0.29) is 5.54 Å². The molecule has 1 aromatic carbocycles. The van der Waals surface area contributed by atoms with Crippen LogP contribution in [0, 0.1) is 0 Å². The second kappa shape index (κ2) is 6.19. The first-order valence-corrected chi connectivity index (χ1v) is 8.02. The minimum atomic E-state index is -0.763. The van der Waals surface area contributed by atoms with Crippen molar-refractivity contribution in [3.8, 4) is 5.75 Å². The molecule has 0 saturated heterocycles. The number of hydrogen-bond acceptors (Lipinski definition) is 3. The molecule has 0 unspecified atom stereocenters. The van der Waals surface area contributed by atoms with Crippen LogP contribution in [0.4, 0.5) is 5.69 Å². The summed E-state index contributed by atoms with van der Waals surface area (Å²) in [6.45, 7) is 8.49. The lowest BCUT2D eigenvalue weighted by Gasteiger charge is -2.50. The zero-order valence-electron chi connectivity index (χ0n) is 14.2. The van der Waals surface area contributed by atoms with Crippen LogP contribution in [-0.4, -0.2) is 29.8 Å². The fourth-order valence-corrected chi connectivity index (χ4v) is 3.83. The highest BCUT2D eigenvalue weighted by molar-refractivity contribution is 5.82. The predicted molar refractivity (Wildman–Crippen MR) is 88.9 cm³/mol. The van der Waals surface area contributed by atoms with Gasteiger partial charge in [-0.25, -0.2) is 4.79 Å². The number of fused-ring (bicyclic) bond motifs is 1. The Balaban J connectivity index is 2.65. The Morgan fingerprint density at radius 2 is 2.18 bits per heavy atom. The van der Waals surface area contributed by atoms with Crippen molar-refractivity contribution in [3.05, 3.63) is 23.8 Å². The highest BCUT2D eigenvalue weighted by atomic mass is 16.5. The summed E-state index contributed by atoms with van der Waals surface area (Å²) in [6.07, 6.45) is 2.40. The number of nitrogens with zero attached hydrogens (tertiary/aromatic N) is 1. The molecule has 4 heteroatoms. The molecule has 0 radical (unpaired) electrons. The van der Waals surface area contributed by atoms with E-state index in [4.69, 9.17) is 4.74 Å². The number of aliphatic carboxylic acids is 1. The molecule has 1 N–H and O–H groups in total. The van der Waals surface area contributed by atoms with Crippen molar-refractivity contribution >= 4 is 11.7 Å². The Bertz CT molecular complexity index is 553. The van der Waals surface area contributed by atoms with Crippen LogP contribution in [0.3, 0.4) is 0 Å². The summed E-state index contributed by atoms with van der Waals surface area (Å²) in [4.78, 5) is 14.0. The van der Waals surface area contributed by atoms with Gasteiger partial charge in [-0.2, -0.15) is 0 Å². The average molecular weight is 305 g/mol. The third kappa shape index (κ3) is 2.79. The van der Waals surface area contributed by atoms with Gasteiger partial charge in [0.05, 0.1) is 12.8 Å². The topological polar surface area (TPSA) is 49.8 Å². The number of methoxy groups -OCH3 is 1. The number of anilines is 1. The molecular weight excluding hydrogens is 278 g/mol. The van der Waals surface area contributed by atoms with Crippen LogP contribution in [0.5, 0.6) is 5.75 Å². The zero-order valence-corrected chi connectivity index (χ0v) is 14.2. The first-order chi connectivity index (χ1) is 10.3. The molecule has 1 aliphatic rings. The molecule has 0 saturated carbocycles. The summed E-state index contributed by atoms with van der Waals surface area (Å²) in [7, 11) is 1.65. The summed E-state index contributed by atoms with van der Waals surface area (Å²) < 4.78 is 5.56. The molecule has 2 rings (SSSR count). The second-order valence-electron chi connectivity index (χ2n) is 6.83. The summed E-state index contributed by atoms with van der Waals surface area (Å²) in [6, 6.07) is 5.48. The molecule has 0 fully saturated rings. The number of carboxylic acids is 1. The number of carbonyl (C=O) groups is 1. The van der Waals surface area contributed by atoms with E-state index in [1.165, 1.54) is 5.56 Å². The maximum atomic E-state index is 11.9. The van der Waals surface area contributed by atoms with Crippen molar-refractivity contribution in [1.29, 1.82) is 0 Å². The van der Waals surface area contributed by atoms with Gasteiger partial charge in [-0.1, -0.05) is 32.4 Å². The smallest absolute Gasteiger partial charge is 0.326 e. The van der Waals surface area contributed by atoms with E-state index in [0.29, 0.717) is 12.3 Å². The Hall–Kier alpha value is -1.71. The van der Waals surface area contributed by atoms with Crippen LogP contribution in [0.15, 0.2) is 18.2 Å². The maximum Gasteiger partial charge on any atom is 0.326 e. The summed E-state index contributed by atoms with van der Waals surface area (Å²) >= 11 is 0. The normalized spacial score (nSPS) is 21.1. The Morgan fingerprint density at radius 1 is 1.50 bits per heavy atom. The largest absolute Gasteiger partial charge is 0.495 e. The van der Waals surface area contributed by atoms with Crippen molar-refractivity contribution < 1.29 is 14.6 Å². The number of ether oxygens (including phenoxy) is 1. The number of hydrogen-bond donors (Lipinski definition) is 1. The van der Waals surface area contributed by atoms with Crippen molar-refractivity contribution in [2.45, 2.75) is 64.5 Å². The molecular formula is C18H27NO3. The van der Waals surface area contributed by atoms with Gasteiger partial charge in [0.2, 0.25) is 0 Å². The summed E-state index contributed by atoms with van der Waals surface area (Å²) in [5, 5.41) is 9.76. The van der Waals surface area contributed by atoms with Crippen LogP contribution >= 0.6 is 0 Å². The van der Waals surface area contributed by atoms with Gasteiger partial charge in [0.15, 0.2) is 0 Å². The van der Waals surface area contributed by atoms with Gasteiger partial charge in [-0.05, 0) is 44.2 Å². The Morgan fingerprint density at radius 3 is 2.73 bits per heavy atom. The molecule has 1 heterocycles. The number of rotatable bonds is 5. The molecule has 1 aliphatic heterocycles. The minimum absolute atomic E-state index is 0.223. The predicted octanol–water partition coefficient (Wildman–Crippen LogP) is 4.04. The lowest BCUT2D eigenvalue weighted by Crippen LogP contribution is -2.56. The standard InChI is InChI=1S/C18H27NO3/c1-6-8-14(17(20)21)19-16-13(9-7-10-15(16)22-5)12(2)11-18(19,3)4/h7,9-10,12,14H,6,8,11H2,1-5H3,(H,20,21)/t12-,14+/m0/s1. The molecule has 0 aliphatic carbocycles. The van der Waals surface area contributed by atoms with Gasteiger partial charge in [0.1, 0.15) is 11.8 Å². The lowest BCUT2D eigenvalue weighted by molar-refractivity contribution is -0.139.